The third kappa shape index (κ3) is 3.92. The third-order valence-corrected chi connectivity index (χ3v) is 2.30. The summed E-state index contributed by atoms with van der Waals surface area (Å²) < 4.78 is 4.88. The number of hydrogen-bond acceptors (Lipinski definition) is 6. The number of nitrogens with two attached hydrogens (primary N) is 1. The number of aryl methyl sites for hydroxylation is 1. The van der Waals surface area contributed by atoms with Crippen LogP contribution in [-0.4, -0.2) is 33.6 Å². The van der Waals surface area contributed by atoms with Crippen molar-refractivity contribution in [3.05, 3.63) is 17.5 Å². The Hall–Kier alpha value is -1.76. The second kappa shape index (κ2) is 6.25. The smallest absolute Gasteiger partial charge is 0.328 e. The Morgan fingerprint density at radius 2 is 2.28 bits per heavy atom. The van der Waals surface area contributed by atoms with Gasteiger partial charge in [-0.15, -0.1) is 0 Å². The molecule has 7 heteroatoms. The van der Waals surface area contributed by atoms with Crippen LogP contribution < -0.4 is 11.1 Å². The number of nitrogens with zero attached hydrogens (tertiary/aromatic N) is 2. The van der Waals surface area contributed by atoms with Crippen molar-refractivity contribution >= 4 is 29.1 Å². The number of esters is 1. The Morgan fingerprint density at radius 3 is 2.83 bits per heavy atom. The van der Waals surface area contributed by atoms with Crippen molar-refractivity contribution < 1.29 is 9.53 Å². The molecule has 3 N–H and O–H groups in total. The highest BCUT2D eigenvalue weighted by Gasteiger charge is 2.15. The van der Waals surface area contributed by atoms with Crippen LogP contribution in [0.5, 0.6) is 0 Å². The van der Waals surface area contributed by atoms with E-state index in [2.05, 4.69) is 15.3 Å². The number of thiocarbonyl (C=S) groups is 1. The lowest BCUT2D eigenvalue weighted by Crippen LogP contribution is -2.29. The molecule has 0 spiro atoms. The van der Waals surface area contributed by atoms with E-state index >= 15 is 0 Å². The quantitative estimate of drug-likeness (QED) is 0.602. The molecule has 0 saturated heterocycles. The number of anilines is 1. The molecule has 0 aliphatic heterocycles. The fraction of sp³-hybridized carbons (Fsp3) is 0.455. The molecule has 0 aliphatic rings. The predicted molar refractivity (Wildman–Crippen MR) is 72.4 cm³/mol. The number of hydrogen-bond donors (Lipinski definition) is 2. The highest BCUT2D eigenvalue weighted by molar-refractivity contribution is 7.80. The molecule has 1 rings (SSSR count). The van der Waals surface area contributed by atoms with Gasteiger partial charge < -0.3 is 15.8 Å². The summed E-state index contributed by atoms with van der Waals surface area (Å²) in [4.78, 5) is 19.9. The fourth-order valence-electron chi connectivity index (χ4n) is 1.28. The molecule has 0 bridgehead atoms. The largest absolute Gasteiger partial charge is 0.464 e. The van der Waals surface area contributed by atoms with Crippen LogP contribution in [0.1, 0.15) is 25.2 Å². The van der Waals surface area contributed by atoms with Gasteiger partial charge in [-0.25, -0.2) is 14.8 Å². The molecule has 0 amide bonds. The molecule has 98 valence electrons. The van der Waals surface area contributed by atoms with E-state index in [4.69, 9.17) is 22.7 Å². The third-order valence-electron chi connectivity index (χ3n) is 2.09. The van der Waals surface area contributed by atoms with Gasteiger partial charge in [0.1, 0.15) is 16.7 Å². The summed E-state index contributed by atoms with van der Waals surface area (Å²) in [5.41, 5.74) is 6.69. The van der Waals surface area contributed by atoms with Crippen LogP contribution in [0.3, 0.4) is 0 Å². The van der Waals surface area contributed by atoms with Gasteiger partial charge in [-0.3, -0.25) is 0 Å². The zero-order valence-electron chi connectivity index (χ0n) is 10.6. The van der Waals surface area contributed by atoms with Gasteiger partial charge >= 0.3 is 5.97 Å². The Bertz CT molecular complexity index is 464. The summed E-state index contributed by atoms with van der Waals surface area (Å²) >= 11 is 4.86. The standard InChI is InChI=1S/C11H16N4O2S/c1-4-17-10(16)7(3)14-11-13-6(2)5-8(15-11)9(12)18/h5,7H,4H2,1-3H3,(H2,12,18)(H,13,14,15). The molecule has 1 aromatic heterocycles. The van der Waals surface area contributed by atoms with Gasteiger partial charge in [0.2, 0.25) is 5.95 Å². The second-order valence-electron chi connectivity index (χ2n) is 3.70. The van der Waals surface area contributed by atoms with Crippen LogP contribution in [0.2, 0.25) is 0 Å². The minimum atomic E-state index is -0.536. The fourth-order valence-corrected chi connectivity index (χ4v) is 1.38. The van der Waals surface area contributed by atoms with Gasteiger partial charge in [-0.2, -0.15) is 0 Å². The van der Waals surface area contributed by atoms with Crippen molar-refractivity contribution in [1.29, 1.82) is 0 Å². The topological polar surface area (TPSA) is 90.1 Å². The maximum absolute atomic E-state index is 11.5. The first kappa shape index (κ1) is 14.3. The van der Waals surface area contributed by atoms with Crippen molar-refractivity contribution in [1.82, 2.24) is 9.97 Å². The van der Waals surface area contributed by atoms with E-state index in [9.17, 15) is 4.79 Å². The highest BCUT2D eigenvalue weighted by Crippen LogP contribution is 2.07. The maximum atomic E-state index is 11.5. The Balaban J connectivity index is 2.84. The van der Waals surface area contributed by atoms with E-state index in [1.165, 1.54) is 0 Å². The van der Waals surface area contributed by atoms with E-state index in [0.717, 1.165) is 0 Å². The van der Waals surface area contributed by atoms with Crippen LogP contribution in [0.4, 0.5) is 5.95 Å². The molecule has 0 saturated carbocycles. The number of ether oxygens (including phenoxy) is 1. The molecule has 0 aromatic carbocycles. The normalized spacial score (nSPS) is 11.7. The molecule has 6 nitrogen and oxygen atoms in total. The van der Waals surface area contributed by atoms with Crippen molar-refractivity contribution in [2.45, 2.75) is 26.8 Å². The van der Waals surface area contributed by atoms with Crippen LogP contribution in [-0.2, 0) is 9.53 Å². The van der Waals surface area contributed by atoms with Crippen molar-refractivity contribution in [2.75, 3.05) is 11.9 Å². The van der Waals surface area contributed by atoms with Gasteiger partial charge in [-0.05, 0) is 26.8 Å². The molecular weight excluding hydrogens is 252 g/mol. The molecular formula is C11H16N4O2S. The lowest BCUT2D eigenvalue weighted by atomic mass is 10.3. The van der Waals surface area contributed by atoms with E-state index in [1.807, 2.05) is 0 Å². The van der Waals surface area contributed by atoms with Crippen LogP contribution in [0, 0.1) is 6.92 Å². The van der Waals surface area contributed by atoms with Gasteiger partial charge in [0.25, 0.3) is 0 Å². The Labute approximate surface area is 111 Å². The minimum Gasteiger partial charge on any atom is -0.464 e. The van der Waals surface area contributed by atoms with E-state index in [1.54, 1.807) is 26.8 Å². The maximum Gasteiger partial charge on any atom is 0.328 e. The van der Waals surface area contributed by atoms with E-state index in [0.29, 0.717) is 23.9 Å². The average Bonchev–Trinajstić information content (AvgIpc) is 2.28. The van der Waals surface area contributed by atoms with Gasteiger partial charge in [0.05, 0.1) is 6.61 Å². The predicted octanol–water partition coefficient (Wildman–Crippen LogP) is 0.783. The molecule has 0 aliphatic carbocycles. The summed E-state index contributed by atoms with van der Waals surface area (Å²) in [6.07, 6.45) is 0. The van der Waals surface area contributed by atoms with Crippen LogP contribution >= 0.6 is 12.2 Å². The lowest BCUT2D eigenvalue weighted by Gasteiger charge is -2.13. The highest BCUT2D eigenvalue weighted by atomic mass is 32.1. The van der Waals surface area contributed by atoms with Gasteiger partial charge in [0, 0.05) is 5.69 Å². The SMILES string of the molecule is CCOC(=O)C(C)Nc1nc(C)cc(C(N)=S)n1. The number of aromatic nitrogens is 2. The zero-order valence-corrected chi connectivity index (χ0v) is 11.4. The number of nitrogens with one attached hydrogen (secondary N) is 1. The minimum absolute atomic E-state index is 0.187. The monoisotopic (exact) mass is 268 g/mol. The lowest BCUT2D eigenvalue weighted by molar-refractivity contribution is -0.143. The van der Waals surface area contributed by atoms with Crippen LogP contribution in [0.15, 0.2) is 6.07 Å². The Kier molecular flexibility index (Phi) is 4.96. The Morgan fingerprint density at radius 1 is 1.61 bits per heavy atom. The van der Waals surface area contributed by atoms with Gasteiger partial charge in [0.15, 0.2) is 0 Å². The molecule has 0 fully saturated rings. The van der Waals surface area contributed by atoms with Crippen molar-refractivity contribution in [3.8, 4) is 0 Å². The molecule has 1 atom stereocenters. The zero-order chi connectivity index (χ0) is 13.7. The molecule has 1 unspecified atom stereocenters. The van der Waals surface area contributed by atoms with Crippen LogP contribution in [0.25, 0.3) is 0 Å². The molecule has 18 heavy (non-hydrogen) atoms. The number of carbonyl (C=O) groups excluding carboxylic acids is 1. The molecule has 1 aromatic rings. The first-order chi connectivity index (χ1) is 8.43. The second-order valence-corrected chi connectivity index (χ2v) is 4.14. The molecule has 1 heterocycles. The first-order valence-electron chi connectivity index (χ1n) is 5.52. The summed E-state index contributed by atoms with van der Waals surface area (Å²) in [5.74, 6) is -0.0576. The summed E-state index contributed by atoms with van der Waals surface area (Å²) in [5, 5.41) is 2.85. The number of carbonyl (C=O) groups is 1. The average molecular weight is 268 g/mol. The van der Waals surface area contributed by atoms with Crippen molar-refractivity contribution in [2.24, 2.45) is 5.73 Å². The number of rotatable bonds is 5. The first-order valence-corrected chi connectivity index (χ1v) is 5.93. The molecule has 0 radical (unpaired) electrons. The van der Waals surface area contributed by atoms with Crippen molar-refractivity contribution in [3.63, 3.8) is 0 Å². The van der Waals surface area contributed by atoms with E-state index in [-0.39, 0.29) is 11.0 Å². The van der Waals surface area contributed by atoms with E-state index < -0.39 is 6.04 Å². The summed E-state index contributed by atoms with van der Waals surface area (Å²) in [6, 6.07) is 1.15. The van der Waals surface area contributed by atoms with Gasteiger partial charge in [-0.1, -0.05) is 12.2 Å². The summed E-state index contributed by atoms with van der Waals surface area (Å²) in [6.45, 7) is 5.55. The summed E-state index contributed by atoms with van der Waals surface area (Å²) in [7, 11) is 0.